The molecule has 2 atom stereocenters. The van der Waals surface area contributed by atoms with Gasteiger partial charge in [0.25, 0.3) is 0 Å². The van der Waals surface area contributed by atoms with Crippen LogP contribution in [0.4, 0.5) is 0 Å². The third-order valence-corrected chi connectivity index (χ3v) is 4.49. The van der Waals surface area contributed by atoms with Gasteiger partial charge in [-0.3, -0.25) is 9.69 Å². The van der Waals surface area contributed by atoms with Crippen molar-refractivity contribution in [1.82, 2.24) is 4.90 Å². The number of likely N-dealkylation sites (tertiary alicyclic amines) is 1. The van der Waals surface area contributed by atoms with Gasteiger partial charge in [0.05, 0.1) is 25.3 Å². The molecule has 2 unspecified atom stereocenters. The summed E-state index contributed by atoms with van der Waals surface area (Å²) in [5.74, 6) is 1.40. The molecule has 0 aromatic carbocycles. The second-order valence-corrected chi connectivity index (χ2v) is 5.49. The first-order chi connectivity index (χ1) is 8.74. The number of furan rings is 1. The summed E-state index contributed by atoms with van der Waals surface area (Å²) in [6.07, 6.45) is 4.96. The molecule has 98 valence electrons. The first-order valence-electron chi connectivity index (χ1n) is 6.58. The molecule has 1 aromatic rings. The van der Waals surface area contributed by atoms with Gasteiger partial charge in [-0.25, -0.2) is 0 Å². The molecule has 1 aliphatic carbocycles. The standard InChI is InChI=1S/C14H19NO3/c1-17-13(16)14-6-2-4-11(14)8-15(10-14)9-12-5-3-7-18-12/h3,5,7,11H,2,4,6,8-10H2,1H3. The Morgan fingerprint density at radius 1 is 1.67 bits per heavy atom. The third-order valence-electron chi connectivity index (χ3n) is 4.49. The van der Waals surface area contributed by atoms with Crippen molar-refractivity contribution in [2.24, 2.45) is 11.3 Å². The molecule has 2 fully saturated rings. The van der Waals surface area contributed by atoms with E-state index in [1.54, 1.807) is 6.26 Å². The average Bonchev–Trinajstić information content (AvgIpc) is 3.03. The number of rotatable bonds is 3. The van der Waals surface area contributed by atoms with E-state index in [4.69, 9.17) is 9.15 Å². The zero-order valence-corrected chi connectivity index (χ0v) is 10.7. The van der Waals surface area contributed by atoms with E-state index in [0.717, 1.165) is 44.7 Å². The van der Waals surface area contributed by atoms with Gasteiger partial charge in [-0.1, -0.05) is 6.42 Å². The van der Waals surface area contributed by atoms with E-state index < -0.39 is 0 Å². The maximum atomic E-state index is 12.1. The highest BCUT2D eigenvalue weighted by Gasteiger charge is 2.55. The molecule has 1 saturated carbocycles. The Morgan fingerprint density at radius 2 is 2.56 bits per heavy atom. The van der Waals surface area contributed by atoms with Gasteiger partial charge in [0.2, 0.25) is 0 Å². The topological polar surface area (TPSA) is 42.7 Å². The summed E-state index contributed by atoms with van der Waals surface area (Å²) in [6, 6.07) is 3.89. The van der Waals surface area contributed by atoms with Crippen LogP contribution in [0.5, 0.6) is 0 Å². The fraction of sp³-hybridized carbons (Fsp3) is 0.643. The van der Waals surface area contributed by atoms with E-state index in [0.29, 0.717) is 5.92 Å². The molecule has 2 heterocycles. The maximum Gasteiger partial charge on any atom is 0.313 e. The smallest absolute Gasteiger partial charge is 0.313 e. The van der Waals surface area contributed by atoms with Crippen LogP contribution < -0.4 is 0 Å². The van der Waals surface area contributed by atoms with Crippen LogP contribution in [-0.4, -0.2) is 31.1 Å². The first-order valence-corrected chi connectivity index (χ1v) is 6.58. The predicted molar refractivity (Wildman–Crippen MR) is 65.8 cm³/mol. The number of fused-ring (bicyclic) bond motifs is 1. The number of carbonyl (C=O) groups excluding carboxylic acids is 1. The van der Waals surface area contributed by atoms with Crippen LogP contribution in [-0.2, 0) is 16.1 Å². The average molecular weight is 249 g/mol. The highest BCUT2D eigenvalue weighted by atomic mass is 16.5. The number of ether oxygens (including phenoxy) is 1. The van der Waals surface area contributed by atoms with Crippen molar-refractivity contribution in [3.05, 3.63) is 24.2 Å². The van der Waals surface area contributed by atoms with Crippen molar-refractivity contribution in [1.29, 1.82) is 0 Å². The molecular weight excluding hydrogens is 230 g/mol. The van der Waals surface area contributed by atoms with Gasteiger partial charge >= 0.3 is 5.97 Å². The Morgan fingerprint density at radius 3 is 3.28 bits per heavy atom. The molecule has 0 bridgehead atoms. The lowest BCUT2D eigenvalue weighted by Gasteiger charge is -2.25. The Bertz CT molecular complexity index is 428. The normalized spacial score (nSPS) is 31.5. The molecule has 0 amide bonds. The fourth-order valence-corrected chi connectivity index (χ4v) is 3.67. The summed E-state index contributed by atoms with van der Waals surface area (Å²) in [5, 5.41) is 0. The molecule has 0 spiro atoms. The van der Waals surface area contributed by atoms with Crippen molar-refractivity contribution < 1.29 is 13.9 Å². The number of nitrogens with zero attached hydrogens (tertiary/aromatic N) is 1. The number of methoxy groups -OCH3 is 1. The molecule has 4 heteroatoms. The van der Waals surface area contributed by atoms with E-state index in [9.17, 15) is 4.79 Å². The second-order valence-electron chi connectivity index (χ2n) is 5.49. The minimum atomic E-state index is -0.249. The van der Waals surface area contributed by atoms with Crippen LogP contribution in [0.2, 0.25) is 0 Å². The maximum absolute atomic E-state index is 12.1. The van der Waals surface area contributed by atoms with E-state index in [-0.39, 0.29) is 11.4 Å². The Balaban J connectivity index is 1.74. The highest BCUT2D eigenvalue weighted by molar-refractivity contribution is 5.78. The van der Waals surface area contributed by atoms with Crippen LogP contribution >= 0.6 is 0 Å². The third kappa shape index (κ3) is 1.75. The second kappa shape index (κ2) is 4.43. The van der Waals surface area contributed by atoms with E-state index >= 15 is 0 Å². The largest absolute Gasteiger partial charge is 0.469 e. The highest BCUT2D eigenvalue weighted by Crippen LogP contribution is 2.49. The van der Waals surface area contributed by atoms with Crippen molar-refractivity contribution >= 4 is 5.97 Å². The van der Waals surface area contributed by atoms with Gasteiger partial charge in [0.1, 0.15) is 5.76 Å². The van der Waals surface area contributed by atoms with Crippen molar-refractivity contribution in [3.63, 3.8) is 0 Å². The summed E-state index contributed by atoms with van der Waals surface area (Å²) in [7, 11) is 1.50. The Kier molecular flexibility index (Phi) is 2.90. The molecule has 2 aliphatic rings. The molecule has 0 radical (unpaired) electrons. The van der Waals surface area contributed by atoms with Crippen LogP contribution in [0.3, 0.4) is 0 Å². The van der Waals surface area contributed by atoms with Gasteiger partial charge in [-0.05, 0) is 30.9 Å². The van der Waals surface area contributed by atoms with Gasteiger partial charge in [0, 0.05) is 13.1 Å². The predicted octanol–water partition coefficient (Wildman–Crippen LogP) is 2.05. The molecule has 1 aromatic heterocycles. The SMILES string of the molecule is COC(=O)C12CCCC1CN(Cc1ccco1)C2. The number of hydrogen-bond donors (Lipinski definition) is 0. The Labute approximate surface area is 107 Å². The van der Waals surface area contributed by atoms with Gasteiger partial charge < -0.3 is 9.15 Å². The number of carbonyl (C=O) groups is 1. The molecule has 3 rings (SSSR count). The van der Waals surface area contributed by atoms with E-state index in [1.165, 1.54) is 7.11 Å². The molecular formula is C14H19NO3. The lowest BCUT2D eigenvalue weighted by Crippen LogP contribution is -2.36. The van der Waals surface area contributed by atoms with Crippen LogP contribution in [0.25, 0.3) is 0 Å². The molecule has 0 N–H and O–H groups in total. The molecule has 1 saturated heterocycles. The van der Waals surface area contributed by atoms with Gasteiger partial charge in [0.15, 0.2) is 0 Å². The monoisotopic (exact) mass is 249 g/mol. The molecule has 18 heavy (non-hydrogen) atoms. The van der Waals surface area contributed by atoms with Crippen molar-refractivity contribution in [2.75, 3.05) is 20.2 Å². The van der Waals surface area contributed by atoms with Crippen molar-refractivity contribution in [3.8, 4) is 0 Å². The fourth-order valence-electron chi connectivity index (χ4n) is 3.67. The summed E-state index contributed by atoms with van der Waals surface area (Å²) >= 11 is 0. The summed E-state index contributed by atoms with van der Waals surface area (Å²) in [6.45, 7) is 2.59. The zero-order valence-electron chi connectivity index (χ0n) is 10.7. The van der Waals surface area contributed by atoms with Crippen LogP contribution in [0.1, 0.15) is 25.0 Å². The Hall–Kier alpha value is -1.29. The quantitative estimate of drug-likeness (QED) is 0.769. The molecule has 1 aliphatic heterocycles. The van der Waals surface area contributed by atoms with Crippen molar-refractivity contribution in [2.45, 2.75) is 25.8 Å². The summed E-state index contributed by atoms with van der Waals surface area (Å²) in [4.78, 5) is 14.4. The van der Waals surface area contributed by atoms with Crippen LogP contribution in [0.15, 0.2) is 22.8 Å². The number of esters is 1. The molecule has 4 nitrogen and oxygen atoms in total. The van der Waals surface area contributed by atoms with E-state index in [1.807, 2.05) is 12.1 Å². The lowest BCUT2D eigenvalue weighted by atomic mass is 9.81. The summed E-state index contributed by atoms with van der Waals surface area (Å²) in [5.41, 5.74) is -0.249. The van der Waals surface area contributed by atoms with Crippen LogP contribution in [0, 0.1) is 11.3 Å². The lowest BCUT2D eigenvalue weighted by molar-refractivity contribution is -0.153. The first kappa shape index (κ1) is 11.8. The van der Waals surface area contributed by atoms with Gasteiger partial charge in [-0.15, -0.1) is 0 Å². The minimum absolute atomic E-state index is 0.0213. The zero-order chi connectivity index (χ0) is 12.6. The van der Waals surface area contributed by atoms with E-state index in [2.05, 4.69) is 4.90 Å². The van der Waals surface area contributed by atoms with Gasteiger partial charge in [-0.2, -0.15) is 0 Å². The summed E-state index contributed by atoms with van der Waals surface area (Å²) < 4.78 is 10.4. The number of hydrogen-bond acceptors (Lipinski definition) is 4. The minimum Gasteiger partial charge on any atom is -0.469 e.